The second-order valence-electron chi connectivity index (χ2n) is 8.23. The summed E-state index contributed by atoms with van der Waals surface area (Å²) in [6, 6.07) is 27.0. The Morgan fingerprint density at radius 3 is 2.26 bits per heavy atom. The molecule has 0 saturated heterocycles. The van der Waals surface area contributed by atoms with Crippen LogP contribution >= 0.6 is 0 Å². The Morgan fingerprint density at radius 2 is 1.51 bits per heavy atom. The summed E-state index contributed by atoms with van der Waals surface area (Å²) in [7, 11) is 0. The normalized spacial score (nSPS) is 10.6. The zero-order valence-corrected chi connectivity index (χ0v) is 19.9. The van der Waals surface area contributed by atoms with E-state index < -0.39 is 0 Å². The van der Waals surface area contributed by atoms with Crippen LogP contribution in [-0.2, 0) is 11.2 Å². The maximum absolute atomic E-state index is 12.8. The van der Waals surface area contributed by atoms with E-state index in [1.807, 2.05) is 91.3 Å². The number of nitrogens with zero attached hydrogens (tertiary/aromatic N) is 2. The van der Waals surface area contributed by atoms with Crippen LogP contribution in [0.15, 0.2) is 84.9 Å². The van der Waals surface area contributed by atoms with Gasteiger partial charge in [-0.1, -0.05) is 60.7 Å². The summed E-state index contributed by atoms with van der Waals surface area (Å²) in [5, 5.41) is 13.6. The predicted octanol–water partition coefficient (Wildman–Crippen LogP) is 4.51. The highest BCUT2D eigenvalue weighted by Gasteiger charge is 2.16. The lowest BCUT2D eigenvalue weighted by Crippen LogP contribution is -2.28. The third kappa shape index (κ3) is 5.95. The van der Waals surface area contributed by atoms with Gasteiger partial charge >= 0.3 is 0 Å². The fourth-order valence-corrected chi connectivity index (χ4v) is 3.90. The smallest absolute Gasteiger partial charge is 0.253 e. The van der Waals surface area contributed by atoms with Crippen molar-refractivity contribution in [1.82, 2.24) is 15.1 Å². The molecule has 7 heteroatoms. The Morgan fingerprint density at radius 1 is 0.857 bits per heavy atom. The molecule has 0 saturated carbocycles. The first-order valence-electron chi connectivity index (χ1n) is 11.6. The van der Waals surface area contributed by atoms with Gasteiger partial charge in [0.25, 0.3) is 5.91 Å². The molecule has 0 aliphatic rings. The number of carbonyl (C=O) groups is 2. The van der Waals surface area contributed by atoms with Gasteiger partial charge in [-0.25, -0.2) is 4.68 Å². The topological polar surface area (TPSA) is 88.1 Å². The standard InChI is InChI=1S/C28H29N5O2/c1-20-27(21(2)33(32-20)23-13-7-4-8-14-23)31-26(34)19-30-25-16-10-9-15-24(25)28(35)29-18-17-22-11-5-3-6-12-22/h3-16,30H,17-19H2,1-2H3,(H,29,35)(H,31,34). The molecule has 0 radical (unpaired) electrons. The highest BCUT2D eigenvalue weighted by molar-refractivity contribution is 6.01. The number of hydrogen-bond donors (Lipinski definition) is 3. The van der Waals surface area contributed by atoms with Crippen LogP contribution in [-0.4, -0.2) is 34.7 Å². The largest absolute Gasteiger partial charge is 0.376 e. The Labute approximate surface area is 205 Å². The Balaban J connectivity index is 1.36. The van der Waals surface area contributed by atoms with Crippen molar-refractivity contribution >= 4 is 23.2 Å². The molecule has 3 N–H and O–H groups in total. The minimum absolute atomic E-state index is 0.0176. The van der Waals surface area contributed by atoms with Gasteiger partial charge in [0, 0.05) is 12.2 Å². The van der Waals surface area contributed by atoms with Crippen LogP contribution in [0.2, 0.25) is 0 Å². The number of nitrogens with one attached hydrogen (secondary N) is 3. The third-order valence-electron chi connectivity index (χ3n) is 5.71. The van der Waals surface area contributed by atoms with Gasteiger partial charge in [-0.05, 0) is 50.1 Å². The molecule has 1 aromatic heterocycles. The Bertz CT molecular complexity index is 1300. The molecule has 0 unspecified atom stereocenters. The number of benzene rings is 3. The molecule has 178 valence electrons. The van der Waals surface area contributed by atoms with Crippen LogP contribution in [0.4, 0.5) is 11.4 Å². The molecule has 0 spiro atoms. The molecule has 4 aromatic rings. The molecule has 0 aliphatic heterocycles. The predicted molar refractivity (Wildman–Crippen MR) is 139 cm³/mol. The number of carbonyl (C=O) groups excluding carboxylic acids is 2. The number of anilines is 2. The zero-order valence-electron chi connectivity index (χ0n) is 19.9. The van der Waals surface area contributed by atoms with Crippen LogP contribution in [0.1, 0.15) is 27.3 Å². The molecule has 2 amide bonds. The minimum Gasteiger partial charge on any atom is -0.376 e. The Hall–Kier alpha value is -4.39. The van der Waals surface area contributed by atoms with Crippen LogP contribution < -0.4 is 16.0 Å². The van der Waals surface area contributed by atoms with Crippen molar-refractivity contribution < 1.29 is 9.59 Å². The first-order valence-corrected chi connectivity index (χ1v) is 11.6. The first kappa shape index (κ1) is 23.8. The summed E-state index contributed by atoms with van der Waals surface area (Å²) in [4.78, 5) is 25.5. The average Bonchev–Trinajstić information content (AvgIpc) is 3.17. The van der Waals surface area contributed by atoms with E-state index in [4.69, 9.17) is 0 Å². The van der Waals surface area contributed by atoms with Crippen molar-refractivity contribution in [2.45, 2.75) is 20.3 Å². The fourth-order valence-electron chi connectivity index (χ4n) is 3.90. The van der Waals surface area contributed by atoms with E-state index in [0.29, 0.717) is 23.5 Å². The van der Waals surface area contributed by atoms with Crippen LogP contribution in [0.25, 0.3) is 5.69 Å². The minimum atomic E-state index is -0.219. The molecule has 35 heavy (non-hydrogen) atoms. The van der Waals surface area contributed by atoms with Gasteiger partial charge in [-0.15, -0.1) is 0 Å². The molecule has 4 rings (SSSR count). The second-order valence-corrected chi connectivity index (χ2v) is 8.23. The van der Waals surface area contributed by atoms with Crippen molar-refractivity contribution in [2.75, 3.05) is 23.7 Å². The quantitative estimate of drug-likeness (QED) is 0.338. The number of para-hydroxylation sites is 2. The van der Waals surface area contributed by atoms with Crippen LogP contribution in [0.5, 0.6) is 0 Å². The summed E-state index contributed by atoms with van der Waals surface area (Å²) in [5.41, 5.74) is 5.47. The number of rotatable bonds is 9. The van der Waals surface area contributed by atoms with E-state index in [9.17, 15) is 9.59 Å². The van der Waals surface area contributed by atoms with Gasteiger partial charge in [0.15, 0.2) is 0 Å². The summed E-state index contributed by atoms with van der Waals surface area (Å²) in [5.74, 6) is -0.400. The monoisotopic (exact) mass is 467 g/mol. The van der Waals surface area contributed by atoms with Gasteiger partial charge in [0.1, 0.15) is 0 Å². The van der Waals surface area contributed by atoms with E-state index in [1.165, 1.54) is 0 Å². The molecule has 0 atom stereocenters. The summed E-state index contributed by atoms with van der Waals surface area (Å²) < 4.78 is 1.81. The third-order valence-corrected chi connectivity index (χ3v) is 5.71. The van der Waals surface area contributed by atoms with E-state index in [0.717, 1.165) is 29.1 Å². The van der Waals surface area contributed by atoms with Gasteiger partial charge < -0.3 is 16.0 Å². The molecule has 7 nitrogen and oxygen atoms in total. The highest BCUT2D eigenvalue weighted by Crippen LogP contribution is 2.23. The molecule has 1 heterocycles. The van der Waals surface area contributed by atoms with Gasteiger partial charge in [0.2, 0.25) is 5.91 Å². The number of aryl methyl sites for hydroxylation is 1. The highest BCUT2D eigenvalue weighted by atomic mass is 16.2. The SMILES string of the molecule is Cc1nn(-c2ccccc2)c(C)c1NC(=O)CNc1ccccc1C(=O)NCCc1ccccc1. The summed E-state index contributed by atoms with van der Waals surface area (Å²) in [6.07, 6.45) is 0.750. The first-order chi connectivity index (χ1) is 17.0. The summed E-state index contributed by atoms with van der Waals surface area (Å²) >= 11 is 0. The fraction of sp³-hybridized carbons (Fsp3) is 0.179. The second kappa shape index (κ2) is 11.2. The lowest BCUT2D eigenvalue weighted by Gasteiger charge is -2.13. The number of amides is 2. The molecule has 0 fully saturated rings. The maximum atomic E-state index is 12.8. The maximum Gasteiger partial charge on any atom is 0.253 e. The number of aromatic nitrogens is 2. The van der Waals surface area contributed by atoms with E-state index in [1.54, 1.807) is 12.1 Å². The van der Waals surface area contributed by atoms with Crippen LogP contribution in [0, 0.1) is 13.8 Å². The molecular formula is C28H29N5O2. The van der Waals surface area contributed by atoms with Crippen molar-refractivity contribution in [1.29, 1.82) is 0 Å². The van der Waals surface area contributed by atoms with Crippen molar-refractivity contribution in [3.8, 4) is 5.69 Å². The molecular weight excluding hydrogens is 438 g/mol. The average molecular weight is 468 g/mol. The number of hydrogen-bond acceptors (Lipinski definition) is 4. The van der Waals surface area contributed by atoms with Crippen molar-refractivity contribution in [3.63, 3.8) is 0 Å². The lowest BCUT2D eigenvalue weighted by molar-refractivity contribution is -0.114. The van der Waals surface area contributed by atoms with Gasteiger partial charge in [-0.2, -0.15) is 5.10 Å². The Kier molecular flexibility index (Phi) is 7.57. The molecule has 3 aromatic carbocycles. The van der Waals surface area contributed by atoms with Gasteiger partial charge in [-0.3, -0.25) is 9.59 Å². The van der Waals surface area contributed by atoms with Crippen LogP contribution in [0.3, 0.4) is 0 Å². The molecule has 0 bridgehead atoms. The zero-order chi connectivity index (χ0) is 24.6. The molecule has 0 aliphatic carbocycles. The summed E-state index contributed by atoms with van der Waals surface area (Å²) in [6.45, 7) is 4.33. The van der Waals surface area contributed by atoms with E-state index >= 15 is 0 Å². The van der Waals surface area contributed by atoms with Crippen molar-refractivity contribution in [2.24, 2.45) is 0 Å². The van der Waals surface area contributed by atoms with Crippen molar-refractivity contribution in [3.05, 3.63) is 107 Å². The van der Waals surface area contributed by atoms with E-state index in [-0.39, 0.29) is 18.4 Å². The lowest BCUT2D eigenvalue weighted by atomic mass is 10.1. The van der Waals surface area contributed by atoms with E-state index in [2.05, 4.69) is 21.0 Å². The van der Waals surface area contributed by atoms with Gasteiger partial charge in [0.05, 0.1) is 34.9 Å².